The SMILES string of the molecule is COc1ccc(Cl)cc1C(C)(O)C(F)(F)F. The van der Waals surface area contributed by atoms with Crippen LogP contribution in [0.5, 0.6) is 5.75 Å². The molecule has 1 unspecified atom stereocenters. The standard InChI is InChI=1S/C10H10ClF3O2/c1-9(15,10(12,13)14)7-5-6(11)3-4-8(7)16-2/h3-5,15H,1-2H3. The van der Waals surface area contributed by atoms with Gasteiger partial charge in [0.1, 0.15) is 5.75 Å². The van der Waals surface area contributed by atoms with E-state index < -0.39 is 17.3 Å². The van der Waals surface area contributed by atoms with Gasteiger partial charge in [-0.1, -0.05) is 11.6 Å². The number of methoxy groups -OCH3 is 1. The molecule has 6 heteroatoms. The van der Waals surface area contributed by atoms with E-state index in [1.807, 2.05) is 0 Å². The van der Waals surface area contributed by atoms with E-state index in [9.17, 15) is 18.3 Å². The molecule has 2 nitrogen and oxygen atoms in total. The average Bonchev–Trinajstić information content (AvgIpc) is 2.16. The Labute approximate surface area is 95.6 Å². The van der Waals surface area contributed by atoms with Crippen LogP contribution >= 0.6 is 11.6 Å². The first-order valence-electron chi connectivity index (χ1n) is 4.33. The molecule has 1 rings (SSSR count). The lowest BCUT2D eigenvalue weighted by Crippen LogP contribution is -2.39. The highest BCUT2D eigenvalue weighted by Crippen LogP contribution is 2.43. The predicted molar refractivity (Wildman–Crippen MR) is 53.6 cm³/mol. The summed E-state index contributed by atoms with van der Waals surface area (Å²) < 4.78 is 42.6. The van der Waals surface area contributed by atoms with Gasteiger partial charge in [0.25, 0.3) is 0 Å². The van der Waals surface area contributed by atoms with E-state index >= 15 is 0 Å². The Kier molecular flexibility index (Phi) is 3.40. The van der Waals surface area contributed by atoms with Crippen molar-refractivity contribution < 1.29 is 23.0 Å². The molecule has 0 aliphatic heterocycles. The van der Waals surface area contributed by atoms with Crippen molar-refractivity contribution in [1.82, 2.24) is 0 Å². The fourth-order valence-electron chi connectivity index (χ4n) is 1.21. The lowest BCUT2D eigenvalue weighted by atomic mass is 9.94. The van der Waals surface area contributed by atoms with E-state index in [4.69, 9.17) is 16.3 Å². The number of benzene rings is 1. The normalized spacial score (nSPS) is 15.7. The summed E-state index contributed by atoms with van der Waals surface area (Å²) in [5, 5.41) is 9.59. The van der Waals surface area contributed by atoms with Crippen LogP contribution in [0, 0.1) is 0 Å². The van der Waals surface area contributed by atoms with Gasteiger partial charge in [0.2, 0.25) is 0 Å². The highest BCUT2D eigenvalue weighted by atomic mass is 35.5. The van der Waals surface area contributed by atoms with Crippen molar-refractivity contribution in [2.45, 2.75) is 18.7 Å². The molecule has 0 aromatic heterocycles. The van der Waals surface area contributed by atoms with Gasteiger partial charge in [-0.25, -0.2) is 0 Å². The van der Waals surface area contributed by atoms with Gasteiger partial charge in [0.15, 0.2) is 5.60 Å². The fraction of sp³-hybridized carbons (Fsp3) is 0.400. The van der Waals surface area contributed by atoms with E-state index in [1.54, 1.807) is 0 Å². The van der Waals surface area contributed by atoms with Gasteiger partial charge in [-0.2, -0.15) is 13.2 Å². The summed E-state index contributed by atoms with van der Waals surface area (Å²) in [6.45, 7) is 0.654. The van der Waals surface area contributed by atoms with E-state index in [-0.39, 0.29) is 10.8 Å². The molecular formula is C10H10ClF3O2. The van der Waals surface area contributed by atoms with Gasteiger partial charge in [0.05, 0.1) is 7.11 Å². The average molecular weight is 255 g/mol. The topological polar surface area (TPSA) is 29.5 Å². The fourth-order valence-corrected chi connectivity index (χ4v) is 1.39. The summed E-state index contributed by atoms with van der Waals surface area (Å²) in [7, 11) is 1.22. The van der Waals surface area contributed by atoms with Crippen molar-refractivity contribution in [2.24, 2.45) is 0 Å². The largest absolute Gasteiger partial charge is 0.496 e. The van der Waals surface area contributed by atoms with Crippen molar-refractivity contribution in [3.05, 3.63) is 28.8 Å². The van der Waals surface area contributed by atoms with Crippen molar-refractivity contribution in [3.63, 3.8) is 0 Å². The summed E-state index contributed by atoms with van der Waals surface area (Å²) >= 11 is 5.60. The van der Waals surface area contributed by atoms with E-state index in [0.717, 1.165) is 6.07 Å². The molecule has 0 spiro atoms. The summed E-state index contributed by atoms with van der Waals surface area (Å²) in [4.78, 5) is 0. The number of hydrogen-bond donors (Lipinski definition) is 1. The maximum absolute atomic E-state index is 12.6. The first kappa shape index (κ1) is 13.1. The molecule has 0 amide bonds. The first-order chi connectivity index (χ1) is 7.20. The lowest BCUT2D eigenvalue weighted by Gasteiger charge is -2.28. The quantitative estimate of drug-likeness (QED) is 0.879. The maximum Gasteiger partial charge on any atom is 0.421 e. The third-order valence-corrected chi connectivity index (χ3v) is 2.47. The molecule has 0 saturated carbocycles. The summed E-state index contributed by atoms with van der Waals surface area (Å²) in [5.74, 6) is -0.0632. The van der Waals surface area contributed by atoms with Crippen LogP contribution in [0.2, 0.25) is 5.02 Å². The number of alkyl halides is 3. The number of rotatable bonds is 2. The molecule has 0 bridgehead atoms. The van der Waals surface area contributed by atoms with Gasteiger partial charge in [-0.15, -0.1) is 0 Å². The zero-order valence-corrected chi connectivity index (χ0v) is 9.36. The molecule has 16 heavy (non-hydrogen) atoms. The minimum absolute atomic E-state index is 0.0632. The number of hydrogen-bond acceptors (Lipinski definition) is 2. The highest BCUT2D eigenvalue weighted by Gasteiger charge is 2.52. The summed E-state index contributed by atoms with van der Waals surface area (Å²) in [5.41, 5.74) is -3.40. The minimum atomic E-state index is -4.80. The molecular weight excluding hydrogens is 245 g/mol. The van der Waals surface area contributed by atoms with Gasteiger partial charge < -0.3 is 9.84 Å². The summed E-state index contributed by atoms with van der Waals surface area (Å²) in [6.07, 6.45) is -4.80. The van der Waals surface area contributed by atoms with Crippen molar-refractivity contribution >= 4 is 11.6 Å². The first-order valence-corrected chi connectivity index (χ1v) is 4.71. The second-order valence-electron chi connectivity index (χ2n) is 3.41. The highest BCUT2D eigenvalue weighted by molar-refractivity contribution is 6.30. The van der Waals surface area contributed by atoms with Gasteiger partial charge in [0, 0.05) is 10.6 Å². The number of ether oxygens (including phenoxy) is 1. The Hall–Kier alpha value is -0.940. The summed E-state index contributed by atoms with van der Waals surface area (Å²) in [6, 6.07) is 3.70. The van der Waals surface area contributed by atoms with Crippen molar-refractivity contribution in [1.29, 1.82) is 0 Å². The third-order valence-electron chi connectivity index (χ3n) is 2.24. The molecule has 90 valence electrons. The molecule has 1 atom stereocenters. The Morgan fingerprint density at radius 1 is 1.31 bits per heavy atom. The Bertz CT molecular complexity index is 388. The number of halogens is 4. The molecule has 0 fully saturated rings. The molecule has 0 aliphatic carbocycles. The third kappa shape index (κ3) is 2.25. The van der Waals surface area contributed by atoms with Crippen LogP contribution < -0.4 is 4.74 Å². The van der Waals surface area contributed by atoms with Crippen LogP contribution in [0.15, 0.2) is 18.2 Å². The van der Waals surface area contributed by atoms with E-state index in [1.165, 1.54) is 19.2 Å². The molecule has 1 aromatic carbocycles. The van der Waals surface area contributed by atoms with Crippen LogP contribution in [-0.2, 0) is 5.60 Å². The molecule has 0 saturated heterocycles. The van der Waals surface area contributed by atoms with Crippen LogP contribution in [-0.4, -0.2) is 18.4 Å². The lowest BCUT2D eigenvalue weighted by molar-refractivity contribution is -0.259. The van der Waals surface area contributed by atoms with E-state index in [0.29, 0.717) is 6.92 Å². The Morgan fingerprint density at radius 2 is 1.88 bits per heavy atom. The van der Waals surface area contributed by atoms with Crippen LogP contribution in [0.1, 0.15) is 12.5 Å². The van der Waals surface area contributed by atoms with Crippen molar-refractivity contribution in [2.75, 3.05) is 7.11 Å². The van der Waals surface area contributed by atoms with Crippen molar-refractivity contribution in [3.8, 4) is 5.75 Å². The molecule has 0 radical (unpaired) electrons. The van der Waals surface area contributed by atoms with Crippen LogP contribution in [0.3, 0.4) is 0 Å². The monoisotopic (exact) mass is 254 g/mol. The molecule has 0 heterocycles. The van der Waals surface area contributed by atoms with Gasteiger partial charge in [-0.3, -0.25) is 0 Å². The minimum Gasteiger partial charge on any atom is -0.496 e. The van der Waals surface area contributed by atoms with Crippen LogP contribution in [0.4, 0.5) is 13.2 Å². The second-order valence-corrected chi connectivity index (χ2v) is 3.85. The van der Waals surface area contributed by atoms with E-state index in [2.05, 4.69) is 0 Å². The Balaban J connectivity index is 3.36. The maximum atomic E-state index is 12.6. The zero-order chi connectivity index (χ0) is 12.6. The number of aliphatic hydroxyl groups is 1. The molecule has 1 aromatic rings. The molecule has 1 N–H and O–H groups in total. The molecule has 0 aliphatic rings. The van der Waals surface area contributed by atoms with Gasteiger partial charge >= 0.3 is 6.18 Å². The Morgan fingerprint density at radius 3 is 2.31 bits per heavy atom. The van der Waals surface area contributed by atoms with Gasteiger partial charge in [-0.05, 0) is 25.1 Å². The van der Waals surface area contributed by atoms with Crippen LogP contribution in [0.25, 0.3) is 0 Å². The predicted octanol–water partition coefficient (Wildman–Crippen LogP) is 3.12. The smallest absolute Gasteiger partial charge is 0.421 e. The second kappa shape index (κ2) is 4.14. The zero-order valence-electron chi connectivity index (χ0n) is 8.60.